The zero-order valence-corrected chi connectivity index (χ0v) is 25.2. The Morgan fingerprint density at radius 1 is 0.780 bits per heavy atom. The molecular formula is C36H51NO4. The van der Waals surface area contributed by atoms with Crippen molar-refractivity contribution in [3.8, 4) is 5.75 Å². The third kappa shape index (κ3) is 19.3. The molecule has 1 unspecified atom stereocenters. The Hall–Kier alpha value is -3.44. The van der Waals surface area contributed by atoms with Gasteiger partial charge in [0.1, 0.15) is 11.9 Å². The molecule has 0 radical (unpaired) electrons. The molecule has 2 N–H and O–H groups in total. The van der Waals surface area contributed by atoms with Gasteiger partial charge in [-0.2, -0.15) is 0 Å². The summed E-state index contributed by atoms with van der Waals surface area (Å²) in [7, 11) is 0. The molecule has 224 valence electrons. The number of para-hydroxylation sites is 1. The monoisotopic (exact) mass is 561 g/mol. The Morgan fingerprint density at radius 2 is 1.32 bits per heavy atom. The van der Waals surface area contributed by atoms with Crippen molar-refractivity contribution >= 4 is 11.7 Å². The second kappa shape index (κ2) is 25.5. The van der Waals surface area contributed by atoms with Gasteiger partial charge in [-0.05, 0) is 76.3 Å². The van der Waals surface area contributed by atoms with Crippen LogP contribution in [0.3, 0.4) is 0 Å². The van der Waals surface area contributed by atoms with Gasteiger partial charge in [0.25, 0.3) is 5.91 Å². The number of carbonyl (C=O) groups excluding carboxylic acids is 2. The number of hydrogen-bond donors (Lipinski definition) is 2. The molecule has 0 saturated carbocycles. The minimum atomic E-state index is -0.394. The number of benzene rings is 1. The highest BCUT2D eigenvalue weighted by atomic mass is 16.5. The van der Waals surface area contributed by atoms with Gasteiger partial charge in [-0.25, -0.2) is 0 Å². The van der Waals surface area contributed by atoms with E-state index in [9.17, 15) is 14.7 Å². The molecule has 1 rings (SSSR count). The van der Waals surface area contributed by atoms with Crippen molar-refractivity contribution in [2.45, 2.75) is 90.6 Å². The first-order valence-electron chi connectivity index (χ1n) is 15.2. The fraction of sp³-hybridized carbons (Fsp3) is 0.444. The zero-order valence-electron chi connectivity index (χ0n) is 25.2. The number of aromatic hydroxyl groups is 1. The van der Waals surface area contributed by atoms with Crippen LogP contribution in [0.15, 0.2) is 97.2 Å². The van der Waals surface area contributed by atoms with Crippen LogP contribution in [0.1, 0.15) is 94.8 Å². The summed E-state index contributed by atoms with van der Waals surface area (Å²) >= 11 is 0. The van der Waals surface area contributed by atoms with Crippen molar-refractivity contribution in [1.82, 2.24) is 5.32 Å². The van der Waals surface area contributed by atoms with Gasteiger partial charge in [-0.3, -0.25) is 9.59 Å². The van der Waals surface area contributed by atoms with Crippen molar-refractivity contribution in [3.05, 3.63) is 103 Å². The molecule has 0 aliphatic carbocycles. The molecule has 0 bridgehead atoms. The van der Waals surface area contributed by atoms with Crippen LogP contribution in [0, 0.1) is 0 Å². The van der Waals surface area contributed by atoms with Crippen LogP contribution in [0.25, 0.3) is 0 Å². The maximum atomic E-state index is 12.5. The second-order valence-electron chi connectivity index (χ2n) is 9.67. The number of hydrogen-bond acceptors (Lipinski definition) is 4. The van der Waals surface area contributed by atoms with E-state index in [1.807, 2.05) is 6.92 Å². The molecule has 1 amide bonds. The molecule has 0 aliphatic rings. The van der Waals surface area contributed by atoms with Gasteiger partial charge >= 0.3 is 0 Å². The molecular weight excluding hydrogens is 510 g/mol. The minimum absolute atomic E-state index is 0.0514. The van der Waals surface area contributed by atoms with E-state index in [1.54, 1.807) is 18.2 Å². The summed E-state index contributed by atoms with van der Waals surface area (Å²) in [5.41, 5.74) is 0.237. The van der Waals surface area contributed by atoms with Crippen LogP contribution in [0.2, 0.25) is 0 Å². The number of nitrogens with one attached hydrogen (secondary N) is 1. The molecule has 0 heterocycles. The first-order valence-corrected chi connectivity index (χ1v) is 15.2. The van der Waals surface area contributed by atoms with E-state index in [2.05, 4.69) is 85.2 Å². The molecule has 1 atom stereocenters. The molecule has 0 fully saturated rings. The van der Waals surface area contributed by atoms with Crippen molar-refractivity contribution in [2.24, 2.45) is 0 Å². The number of amides is 1. The maximum absolute atomic E-state index is 12.5. The van der Waals surface area contributed by atoms with E-state index in [4.69, 9.17) is 4.74 Å². The summed E-state index contributed by atoms with van der Waals surface area (Å²) in [5, 5.41) is 12.5. The van der Waals surface area contributed by atoms with Crippen LogP contribution in [0.4, 0.5) is 0 Å². The van der Waals surface area contributed by atoms with Gasteiger partial charge in [0.05, 0.1) is 5.56 Å². The number of ether oxygens (including phenoxy) is 1. The second-order valence-corrected chi connectivity index (χ2v) is 9.67. The lowest BCUT2D eigenvalue weighted by molar-refractivity contribution is -0.130. The van der Waals surface area contributed by atoms with Gasteiger partial charge in [0.15, 0.2) is 5.78 Å². The Bertz CT molecular complexity index is 1020. The Labute approximate surface area is 248 Å². The van der Waals surface area contributed by atoms with Crippen molar-refractivity contribution in [1.29, 1.82) is 0 Å². The number of allylic oxidation sites excluding steroid dienone is 12. The minimum Gasteiger partial charge on any atom is -0.507 e. The standard InChI is InChI=1S/C36H51NO4/c1-3-5-6-7-8-9-10-11-12-13-14-15-16-17-18-19-20-21-22-25-31-41-35(4-2)34(39)29-26-30-37-36(40)32-27-23-24-28-33(32)38/h5-6,8-9,11-12,14-15,17-18,20-21,23-24,27-28,35,38H,3-4,7,10,13,16,19,22,25-26,29-31H2,1-2H3,(H,37,40)/b6-5-,9-8-,12-11-,15-14-,18-17-,21-20-. The molecule has 1 aromatic rings. The normalized spacial score (nSPS) is 13.1. The first-order chi connectivity index (χ1) is 20.1. The number of Topliss-reactive ketones (excluding diaryl/α,β-unsaturated/α-hetero) is 1. The number of rotatable bonds is 23. The summed E-state index contributed by atoms with van der Waals surface area (Å²) < 4.78 is 5.82. The third-order valence-electron chi connectivity index (χ3n) is 6.19. The van der Waals surface area contributed by atoms with E-state index < -0.39 is 6.10 Å². The molecule has 0 aromatic heterocycles. The summed E-state index contributed by atoms with van der Waals surface area (Å²) in [5.74, 6) is -0.323. The van der Waals surface area contributed by atoms with Gasteiger partial charge in [0.2, 0.25) is 0 Å². The highest BCUT2D eigenvalue weighted by Crippen LogP contribution is 2.15. The van der Waals surface area contributed by atoms with E-state index in [0.717, 1.165) is 51.4 Å². The number of ketones is 1. The molecule has 41 heavy (non-hydrogen) atoms. The lowest BCUT2D eigenvalue weighted by Gasteiger charge is -2.15. The smallest absolute Gasteiger partial charge is 0.255 e. The lowest BCUT2D eigenvalue weighted by Crippen LogP contribution is -2.27. The highest BCUT2D eigenvalue weighted by molar-refractivity contribution is 5.96. The topological polar surface area (TPSA) is 75.6 Å². The van der Waals surface area contributed by atoms with E-state index >= 15 is 0 Å². The van der Waals surface area contributed by atoms with Gasteiger partial charge in [0, 0.05) is 19.6 Å². The van der Waals surface area contributed by atoms with Crippen LogP contribution < -0.4 is 5.32 Å². The molecule has 5 heteroatoms. The average Bonchev–Trinajstić information content (AvgIpc) is 2.98. The highest BCUT2D eigenvalue weighted by Gasteiger charge is 2.16. The largest absolute Gasteiger partial charge is 0.507 e. The van der Waals surface area contributed by atoms with Crippen molar-refractivity contribution < 1.29 is 19.4 Å². The number of phenolic OH excluding ortho intramolecular Hbond substituents is 1. The Balaban J connectivity index is 2.05. The average molecular weight is 562 g/mol. The summed E-state index contributed by atoms with van der Waals surface area (Å²) in [6, 6.07) is 6.41. The molecule has 5 nitrogen and oxygen atoms in total. The van der Waals surface area contributed by atoms with E-state index in [-0.39, 0.29) is 23.0 Å². The molecule has 0 aliphatic heterocycles. The maximum Gasteiger partial charge on any atom is 0.255 e. The number of unbranched alkanes of at least 4 members (excludes halogenated alkanes) is 1. The van der Waals surface area contributed by atoms with E-state index in [1.165, 1.54) is 6.07 Å². The predicted molar refractivity (Wildman–Crippen MR) is 172 cm³/mol. The van der Waals surface area contributed by atoms with Crippen molar-refractivity contribution in [2.75, 3.05) is 13.2 Å². The van der Waals surface area contributed by atoms with Crippen LogP contribution in [-0.4, -0.2) is 36.1 Å². The predicted octanol–water partition coefficient (Wildman–Crippen LogP) is 8.74. The zero-order chi connectivity index (χ0) is 29.8. The van der Waals surface area contributed by atoms with Crippen molar-refractivity contribution in [3.63, 3.8) is 0 Å². The SMILES string of the molecule is CC/C=C\C/C=C\C/C=C\C/C=C\C/C=C\C/C=C\CCCOC(CC)C(=O)CCCNC(=O)c1ccccc1O. The summed E-state index contributed by atoms with van der Waals surface area (Å²) in [4.78, 5) is 24.6. The molecule has 0 spiro atoms. The quantitative estimate of drug-likeness (QED) is 0.103. The molecule has 1 aromatic carbocycles. The van der Waals surface area contributed by atoms with E-state index in [0.29, 0.717) is 32.4 Å². The van der Waals surface area contributed by atoms with Crippen LogP contribution in [0.5, 0.6) is 5.75 Å². The van der Waals surface area contributed by atoms with Gasteiger partial charge in [-0.15, -0.1) is 0 Å². The third-order valence-corrected chi connectivity index (χ3v) is 6.19. The van der Waals surface area contributed by atoms with Crippen LogP contribution >= 0.6 is 0 Å². The van der Waals surface area contributed by atoms with Gasteiger partial charge < -0.3 is 15.2 Å². The van der Waals surface area contributed by atoms with Gasteiger partial charge in [-0.1, -0.05) is 98.9 Å². The Morgan fingerprint density at radius 3 is 1.85 bits per heavy atom. The first kappa shape index (κ1) is 35.6. The lowest BCUT2D eigenvalue weighted by atomic mass is 10.1. The molecule has 0 saturated heterocycles. The number of phenols is 1. The number of carbonyl (C=O) groups is 2. The van der Waals surface area contributed by atoms with Crippen LogP contribution in [-0.2, 0) is 9.53 Å². The fourth-order valence-electron chi connectivity index (χ4n) is 3.89. The fourth-order valence-corrected chi connectivity index (χ4v) is 3.89. The summed E-state index contributed by atoms with van der Waals surface area (Å²) in [6.07, 6.45) is 35.3. The summed E-state index contributed by atoms with van der Waals surface area (Å²) in [6.45, 7) is 5.03. The Kier molecular flexibility index (Phi) is 22.2.